The molecule has 0 aliphatic carbocycles. The molecule has 3 rings (SSSR count). The number of para-hydroxylation sites is 1. The zero-order chi connectivity index (χ0) is 15.1. The fraction of sp³-hybridized carbons (Fsp3) is 0.133. The van der Waals surface area contributed by atoms with Crippen LogP contribution in [0.2, 0.25) is 0 Å². The van der Waals surface area contributed by atoms with Crippen molar-refractivity contribution in [2.24, 2.45) is 7.05 Å². The first-order valence-electron chi connectivity index (χ1n) is 6.32. The van der Waals surface area contributed by atoms with E-state index in [1.807, 2.05) is 0 Å². The van der Waals surface area contributed by atoms with Gasteiger partial charge in [-0.3, -0.25) is 9.59 Å². The second kappa shape index (κ2) is 4.59. The van der Waals surface area contributed by atoms with Crippen LogP contribution in [0.25, 0.3) is 21.9 Å². The van der Waals surface area contributed by atoms with Crippen LogP contribution in [0.1, 0.15) is 6.92 Å². The lowest BCUT2D eigenvalue weighted by Gasteiger charge is -2.10. The Morgan fingerprint density at radius 1 is 1.19 bits per heavy atom. The van der Waals surface area contributed by atoms with Gasteiger partial charge in [0.15, 0.2) is 0 Å². The quantitative estimate of drug-likeness (QED) is 0.543. The Kier molecular flexibility index (Phi) is 2.86. The number of carbonyl (C=O) groups excluding carboxylic acids is 1. The highest BCUT2D eigenvalue weighted by molar-refractivity contribution is 6.03. The van der Waals surface area contributed by atoms with Gasteiger partial charge in [-0.15, -0.1) is 0 Å². The predicted octanol–water partition coefficient (Wildman–Crippen LogP) is 1.60. The van der Waals surface area contributed by atoms with Crippen molar-refractivity contribution in [2.75, 3.05) is 5.32 Å². The molecule has 6 nitrogen and oxygen atoms in total. The van der Waals surface area contributed by atoms with E-state index in [1.54, 1.807) is 31.3 Å². The molecule has 21 heavy (non-hydrogen) atoms. The van der Waals surface area contributed by atoms with Gasteiger partial charge >= 0.3 is 5.63 Å². The third-order valence-corrected chi connectivity index (χ3v) is 3.29. The normalized spacial score (nSPS) is 11.0. The number of aryl methyl sites for hydroxylation is 1. The summed E-state index contributed by atoms with van der Waals surface area (Å²) in [6.45, 7) is 1.30. The number of benzene rings is 1. The molecule has 0 spiro atoms. The van der Waals surface area contributed by atoms with Gasteiger partial charge in [0, 0.05) is 19.4 Å². The predicted molar refractivity (Wildman–Crippen MR) is 79.5 cm³/mol. The molecule has 6 heteroatoms. The first-order valence-corrected chi connectivity index (χ1v) is 6.32. The maximum Gasteiger partial charge on any atom is 0.345 e. The summed E-state index contributed by atoms with van der Waals surface area (Å²) in [5.41, 5.74) is 0.0256. The van der Waals surface area contributed by atoms with Crippen LogP contribution in [0.3, 0.4) is 0 Å². The molecule has 3 aromatic rings. The average Bonchev–Trinajstić information content (AvgIpc) is 2.44. The molecule has 1 aromatic carbocycles. The van der Waals surface area contributed by atoms with Crippen LogP contribution in [0.4, 0.5) is 5.69 Å². The molecule has 0 fully saturated rings. The second-order valence-corrected chi connectivity index (χ2v) is 4.75. The lowest BCUT2D eigenvalue weighted by atomic mass is 10.1. The smallest absolute Gasteiger partial charge is 0.345 e. The molecule has 0 saturated carbocycles. The minimum absolute atomic E-state index is 0.0556. The summed E-state index contributed by atoms with van der Waals surface area (Å²) in [4.78, 5) is 35.5. The molecule has 0 bridgehead atoms. The van der Waals surface area contributed by atoms with Gasteiger partial charge in [-0.1, -0.05) is 12.1 Å². The van der Waals surface area contributed by atoms with Crippen LogP contribution in [-0.4, -0.2) is 10.5 Å². The Morgan fingerprint density at radius 3 is 2.62 bits per heavy atom. The molecule has 0 aliphatic heterocycles. The highest BCUT2D eigenvalue weighted by Crippen LogP contribution is 2.22. The average molecular weight is 284 g/mol. The number of aromatic nitrogens is 1. The number of hydrogen-bond donors (Lipinski definition) is 1. The van der Waals surface area contributed by atoms with Crippen LogP contribution in [0.5, 0.6) is 0 Å². The Morgan fingerprint density at radius 2 is 1.90 bits per heavy atom. The topological polar surface area (TPSA) is 81.3 Å². The summed E-state index contributed by atoms with van der Waals surface area (Å²) in [6, 6.07) is 8.35. The maximum absolute atomic E-state index is 12.3. The van der Waals surface area contributed by atoms with Crippen molar-refractivity contribution in [3.05, 3.63) is 51.1 Å². The van der Waals surface area contributed by atoms with E-state index in [0.717, 1.165) is 0 Å². The zero-order valence-corrected chi connectivity index (χ0v) is 11.5. The number of anilines is 1. The first-order chi connectivity index (χ1) is 9.99. The van der Waals surface area contributed by atoms with Crippen molar-refractivity contribution in [2.45, 2.75) is 6.92 Å². The van der Waals surface area contributed by atoms with Crippen LogP contribution in [0, 0.1) is 0 Å². The van der Waals surface area contributed by atoms with Gasteiger partial charge in [-0.2, -0.15) is 0 Å². The Hall–Kier alpha value is -2.89. The van der Waals surface area contributed by atoms with Crippen molar-refractivity contribution in [1.82, 2.24) is 4.57 Å². The highest BCUT2D eigenvalue weighted by Gasteiger charge is 2.14. The van der Waals surface area contributed by atoms with Crippen LogP contribution in [0.15, 0.2) is 44.3 Å². The minimum Gasteiger partial charge on any atom is -0.422 e. The summed E-state index contributed by atoms with van der Waals surface area (Å²) in [5.74, 6) is -0.378. The number of fused-ring (bicyclic) bond motifs is 3. The van der Waals surface area contributed by atoms with E-state index in [4.69, 9.17) is 4.42 Å². The lowest BCUT2D eigenvalue weighted by molar-refractivity contribution is -0.114. The van der Waals surface area contributed by atoms with E-state index in [9.17, 15) is 14.4 Å². The molecule has 0 atom stereocenters. The molecule has 106 valence electrons. The van der Waals surface area contributed by atoms with Crippen LogP contribution < -0.4 is 16.5 Å². The number of carbonyl (C=O) groups is 1. The third-order valence-electron chi connectivity index (χ3n) is 3.29. The molecule has 2 heterocycles. The number of amides is 1. The van der Waals surface area contributed by atoms with Gasteiger partial charge in [0.1, 0.15) is 11.3 Å². The van der Waals surface area contributed by atoms with Gasteiger partial charge in [-0.25, -0.2) is 4.79 Å². The number of nitrogens with zero attached hydrogens (tertiary/aromatic N) is 1. The highest BCUT2D eigenvalue weighted by atomic mass is 16.4. The van der Waals surface area contributed by atoms with Gasteiger partial charge in [0.05, 0.1) is 10.9 Å². The molecule has 1 amide bonds. The Bertz CT molecular complexity index is 998. The number of hydrogen-bond acceptors (Lipinski definition) is 4. The van der Waals surface area contributed by atoms with Gasteiger partial charge in [0.25, 0.3) is 5.56 Å². The molecule has 0 aliphatic rings. The molecule has 2 aromatic heterocycles. The van der Waals surface area contributed by atoms with Crippen molar-refractivity contribution < 1.29 is 9.21 Å². The van der Waals surface area contributed by atoms with Crippen molar-refractivity contribution in [3.63, 3.8) is 0 Å². The minimum atomic E-state index is -0.550. The summed E-state index contributed by atoms with van der Waals surface area (Å²) in [6.07, 6.45) is 0. The van der Waals surface area contributed by atoms with E-state index < -0.39 is 5.63 Å². The summed E-state index contributed by atoms with van der Waals surface area (Å²) < 4.78 is 6.59. The monoisotopic (exact) mass is 284 g/mol. The molecular weight excluding hydrogens is 272 g/mol. The first kappa shape index (κ1) is 13.1. The van der Waals surface area contributed by atoms with E-state index in [0.29, 0.717) is 16.5 Å². The molecule has 0 radical (unpaired) electrons. The summed E-state index contributed by atoms with van der Waals surface area (Å²) in [5, 5.41) is 3.35. The fourth-order valence-electron chi connectivity index (χ4n) is 2.40. The van der Waals surface area contributed by atoms with E-state index in [-0.39, 0.29) is 22.5 Å². The molecular formula is C15H12N2O4. The van der Waals surface area contributed by atoms with Gasteiger partial charge in [0.2, 0.25) is 5.91 Å². The largest absolute Gasteiger partial charge is 0.422 e. The van der Waals surface area contributed by atoms with Gasteiger partial charge in [-0.05, 0) is 18.2 Å². The van der Waals surface area contributed by atoms with E-state index in [1.165, 1.54) is 17.6 Å². The Balaban J connectivity index is 2.53. The van der Waals surface area contributed by atoms with Crippen molar-refractivity contribution in [3.8, 4) is 0 Å². The summed E-state index contributed by atoms with van der Waals surface area (Å²) in [7, 11) is 1.56. The standard InChI is InChI=1S/C15H12N2O4/c1-8(18)16-11-7-10-13(17(2)14(11)19)9-5-3-4-6-12(9)21-15(10)20/h3-7H,1-2H3,(H,16,18). The summed E-state index contributed by atoms with van der Waals surface area (Å²) >= 11 is 0. The van der Waals surface area contributed by atoms with Crippen LogP contribution in [-0.2, 0) is 11.8 Å². The number of rotatable bonds is 1. The zero-order valence-electron chi connectivity index (χ0n) is 11.5. The Labute approximate surface area is 118 Å². The number of pyridine rings is 1. The maximum atomic E-state index is 12.3. The van der Waals surface area contributed by atoms with E-state index >= 15 is 0 Å². The second-order valence-electron chi connectivity index (χ2n) is 4.75. The van der Waals surface area contributed by atoms with E-state index in [2.05, 4.69) is 5.32 Å². The fourth-order valence-corrected chi connectivity index (χ4v) is 2.40. The number of nitrogens with one attached hydrogen (secondary N) is 1. The molecule has 0 unspecified atom stereocenters. The van der Waals surface area contributed by atoms with Crippen molar-refractivity contribution >= 4 is 33.5 Å². The van der Waals surface area contributed by atoms with Crippen molar-refractivity contribution in [1.29, 1.82) is 0 Å². The molecule has 0 saturated heterocycles. The SMILES string of the molecule is CC(=O)Nc1cc2c(=O)oc3ccccc3c2n(C)c1=O. The van der Waals surface area contributed by atoms with Gasteiger partial charge < -0.3 is 14.3 Å². The third kappa shape index (κ3) is 2.01. The molecule has 1 N–H and O–H groups in total. The lowest BCUT2D eigenvalue weighted by Crippen LogP contribution is -2.24. The van der Waals surface area contributed by atoms with Crippen LogP contribution >= 0.6 is 0 Å².